The molecule has 3 N–H and O–H groups in total. The van der Waals surface area contributed by atoms with Crippen LogP contribution in [0, 0.1) is 0 Å². The zero-order valence-corrected chi connectivity index (χ0v) is 13.9. The van der Waals surface area contributed by atoms with Crippen LogP contribution < -0.4 is 5.32 Å². The Hall–Kier alpha value is -2.89. The number of amides is 4. The summed E-state index contributed by atoms with van der Waals surface area (Å²) in [6.07, 6.45) is 3.48. The summed E-state index contributed by atoms with van der Waals surface area (Å²) in [6.45, 7) is 3.82. The van der Waals surface area contributed by atoms with E-state index in [1.54, 1.807) is 0 Å². The third-order valence-corrected chi connectivity index (χ3v) is 2.46. The molecular weight excluding hydrogens is 352 g/mol. The number of aliphatic hydroxyl groups excluding tert-OH is 2. The number of hydrogen-bond donors (Lipinski definition) is 3. The van der Waals surface area contributed by atoms with Crippen molar-refractivity contribution < 1.29 is 43.8 Å². The van der Waals surface area contributed by atoms with Crippen molar-refractivity contribution in [3.8, 4) is 0 Å². The maximum Gasteiger partial charge on any atom is 0.356 e. The first-order valence-electron chi connectivity index (χ1n) is 7.38. The summed E-state index contributed by atoms with van der Waals surface area (Å²) in [4.78, 5) is 56.7. The summed E-state index contributed by atoms with van der Waals surface area (Å²) in [5.41, 5.74) is 0. The van der Waals surface area contributed by atoms with Crippen LogP contribution in [0.15, 0.2) is 24.8 Å². The van der Waals surface area contributed by atoms with Gasteiger partial charge in [0.15, 0.2) is 0 Å². The molecule has 0 aromatic rings. The summed E-state index contributed by atoms with van der Waals surface area (Å²) < 4.78 is 4.63. The van der Waals surface area contributed by atoms with E-state index < -0.39 is 17.8 Å². The van der Waals surface area contributed by atoms with Crippen LogP contribution in [0.5, 0.6) is 0 Å². The lowest BCUT2D eigenvalue weighted by Crippen LogP contribution is -2.31. The molecule has 1 saturated heterocycles. The zero-order valence-electron chi connectivity index (χ0n) is 13.9. The van der Waals surface area contributed by atoms with Gasteiger partial charge in [-0.2, -0.15) is 0 Å². The molecule has 26 heavy (non-hydrogen) atoms. The van der Waals surface area contributed by atoms with Gasteiger partial charge < -0.3 is 19.8 Å². The van der Waals surface area contributed by atoms with Gasteiger partial charge >= 0.3 is 5.97 Å². The molecule has 11 nitrogen and oxygen atoms in total. The van der Waals surface area contributed by atoms with Crippen LogP contribution in [-0.2, 0) is 33.5 Å². The van der Waals surface area contributed by atoms with Gasteiger partial charge in [-0.1, -0.05) is 6.58 Å². The second-order valence-corrected chi connectivity index (χ2v) is 4.44. The van der Waals surface area contributed by atoms with Crippen molar-refractivity contribution in [2.75, 3.05) is 26.4 Å². The van der Waals surface area contributed by atoms with Gasteiger partial charge in [-0.25, -0.2) is 4.79 Å². The number of aliphatic hydroxyl groups is 2. The lowest BCUT2D eigenvalue weighted by atomic mass is 10.4. The monoisotopic (exact) mass is 372 g/mol. The van der Waals surface area contributed by atoms with Gasteiger partial charge in [0.1, 0.15) is 0 Å². The molecule has 0 unspecified atom stereocenters. The first-order chi connectivity index (χ1) is 12.3. The molecule has 2 aliphatic rings. The molecule has 11 heteroatoms. The van der Waals surface area contributed by atoms with Crippen LogP contribution in [0.2, 0.25) is 0 Å². The third kappa shape index (κ3) is 10.1. The molecule has 0 radical (unpaired) electrons. The lowest BCUT2D eigenvalue weighted by molar-refractivity contribution is -0.193. The number of ether oxygens (including phenoxy) is 1. The molecule has 0 atom stereocenters. The number of imide groups is 2. The van der Waals surface area contributed by atoms with Crippen LogP contribution in [0.3, 0.4) is 0 Å². The maximum absolute atomic E-state index is 10.8. The molecule has 4 amide bonds. The van der Waals surface area contributed by atoms with Crippen molar-refractivity contribution in [1.29, 1.82) is 0 Å². The summed E-state index contributed by atoms with van der Waals surface area (Å²) in [5.74, 6) is -2.45. The molecule has 0 saturated carbocycles. The standard InChI is InChI=1S/C7H7NO4.C4H3NO2.C4H10O3/c1-2-7(11)12-8-5(9)3-4-6(8)10;6-3-1-2-4(7)5-3;5-1-3-7-4-2-6/h2H,1,3-4H2;1-2H,(H,5,6,7);5-6H,1-4H2. The van der Waals surface area contributed by atoms with E-state index >= 15 is 0 Å². The van der Waals surface area contributed by atoms with Crippen molar-refractivity contribution in [2.24, 2.45) is 0 Å². The predicted octanol–water partition coefficient (Wildman–Crippen LogP) is -2.03. The smallest absolute Gasteiger partial charge is 0.356 e. The lowest BCUT2D eigenvalue weighted by Gasteiger charge is -2.09. The van der Waals surface area contributed by atoms with E-state index in [9.17, 15) is 24.0 Å². The van der Waals surface area contributed by atoms with Crippen LogP contribution in [-0.4, -0.2) is 71.3 Å². The summed E-state index contributed by atoms with van der Waals surface area (Å²) in [5, 5.41) is 18.7. The highest BCUT2D eigenvalue weighted by Gasteiger charge is 2.32. The second-order valence-electron chi connectivity index (χ2n) is 4.44. The number of hydrogen-bond acceptors (Lipinski definition) is 9. The molecule has 0 bridgehead atoms. The van der Waals surface area contributed by atoms with E-state index in [0.29, 0.717) is 18.3 Å². The number of nitrogens with one attached hydrogen (secondary N) is 1. The number of carbonyl (C=O) groups excluding carboxylic acids is 5. The molecule has 2 heterocycles. The minimum absolute atomic E-state index is 0.0278. The molecule has 1 fully saturated rings. The molecule has 2 aliphatic heterocycles. The van der Waals surface area contributed by atoms with Gasteiger partial charge in [-0.05, 0) is 0 Å². The highest BCUT2D eigenvalue weighted by atomic mass is 16.7. The fourth-order valence-corrected chi connectivity index (χ4v) is 1.37. The Kier molecular flexibility index (Phi) is 11.9. The normalized spacial score (nSPS) is 14.9. The van der Waals surface area contributed by atoms with E-state index in [2.05, 4.69) is 16.2 Å². The maximum atomic E-state index is 10.8. The van der Waals surface area contributed by atoms with Gasteiger partial charge in [0.25, 0.3) is 23.6 Å². The van der Waals surface area contributed by atoms with Crippen LogP contribution in [0.4, 0.5) is 0 Å². The Morgan fingerprint density at radius 3 is 1.85 bits per heavy atom. The summed E-state index contributed by atoms with van der Waals surface area (Å²) in [7, 11) is 0. The van der Waals surface area contributed by atoms with Crippen molar-refractivity contribution in [3.63, 3.8) is 0 Å². The van der Waals surface area contributed by atoms with Crippen LogP contribution in [0.25, 0.3) is 0 Å². The fraction of sp³-hybridized carbons (Fsp3) is 0.400. The van der Waals surface area contributed by atoms with E-state index in [1.165, 1.54) is 12.2 Å². The summed E-state index contributed by atoms with van der Waals surface area (Å²) in [6, 6.07) is 0. The predicted molar refractivity (Wildman–Crippen MR) is 84.7 cm³/mol. The average molecular weight is 372 g/mol. The van der Waals surface area contributed by atoms with E-state index in [4.69, 9.17) is 10.2 Å². The topological polar surface area (TPSA) is 160 Å². The van der Waals surface area contributed by atoms with Gasteiger partial charge in [0.05, 0.1) is 26.4 Å². The number of hydroxylamine groups is 2. The van der Waals surface area contributed by atoms with Crippen molar-refractivity contribution in [3.05, 3.63) is 24.8 Å². The molecule has 144 valence electrons. The minimum Gasteiger partial charge on any atom is -0.394 e. The fourth-order valence-electron chi connectivity index (χ4n) is 1.37. The average Bonchev–Trinajstić information content (AvgIpc) is 3.15. The Morgan fingerprint density at radius 2 is 1.54 bits per heavy atom. The van der Waals surface area contributed by atoms with Crippen molar-refractivity contribution >= 4 is 29.6 Å². The van der Waals surface area contributed by atoms with Gasteiger partial charge in [0.2, 0.25) is 0 Å². The molecule has 0 aliphatic carbocycles. The minimum atomic E-state index is -0.807. The van der Waals surface area contributed by atoms with E-state index in [1.807, 2.05) is 5.32 Å². The van der Waals surface area contributed by atoms with Crippen LogP contribution in [0.1, 0.15) is 12.8 Å². The highest BCUT2D eigenvalue weighted by molar-refractivity contribution is 6.12. The van der Waals surface area contributed by atoms with Crippen molar-refractivity contribution in [2.45, 2.75) is 12.8 Å². The molecule has 0 spiro atoms. The number of rotatable bonds is 6. The van der Waals surface area contributed by atoms with Gasteiger partial charge in [-0.3, -0.25) is 24.5 Å². The highest BCUT2D eigenvalue weighted by Crippen LogP contribution is 2.11. The van der Waals surface area contributed by atoms with Gasteiger partial charge in [0, 0.05) is 31.1 Å². The molecule has 0 aromatic heterocycles. The van der Waals surface area contributed by atoms with Crippen molar-refractivity contribution in [1.82, 2.24) is 10.4 Å². The molecule has 2 rings (SSSR count). The molecule has 0 aromatic carbocycles. The first kappa shape index (κ1) is 23.1. The molecular formula is C15H20N2O9. The van der Waals surface area contributed by atoms with Gasteiger partial charge in [-0.15, -0.1) is 5.06 Å². The quantitative estimate of drug-likeness (QED) is 0.271. The number of nitrogens with zero attached hydrogens (tertiary/aromatic N) is 1. The van der Waals surface area contributed by atoms with E-state index in [-0.39, 0.29) is 37.9 Å². The Morgan fingerprint density at radius 1 is 1.08 bits per heavy atom. The number of carbonyl (C=O) groups is 5. The Bertz CT molecular complexity index is 535. The second kappa shape index (κ2) is 13.4. The largest absolute Gasteiger partial charge is 0.394 e. The summed E-state index contributed by atoms with van der Waals surface area (Å²) >= 11 is 0. The Labute approximate surface area is 148 Å². The van der Waals surface area contributed by atoms with E-state index in [0.717, 1.165) is 6.08 Å². The SMILES string of the molecule is C=CC(=O)ON1C(=O)CCC1=O.O=C1C=CC(=O)N1.OCCOCCO. The first-order valence-corrected chi connectivity index (χ1v) is 7.38. The van der Waals surface area contributed by atoms with Crippen LogP contribution >= 0.6 is 0 Å². The zero-order chi connectivity index (χ0) is 19.9. The Balaban J connectivity index is 0.000000385. The third-order valence-electron chi connectivity index (χ3n) is 2.46.